The van der Waals surface area contributed by atoms with Crippen LogP contribution >= 0.6 is 11.6 Å². The van der Waals surface area contributed by atoms with Gasteiger partial charge in [-0.25, -0.2) is 0 Å². The fraction of sp³-hybridized carbons (Fsp3) is 0.316. The molecule has 0 radical (unpaired) electrons. The van der Waals surface area contributed by atoms with Crippen LogP contribution in [0, 0.1) is 0 Å². The number of hydrogen-bond acceptors (Lipinski definition) is 3. The minimum absolute atomic E-state index is 0.112. The van der Waals surface area contributed by atoms with Crippen LogP contribution in [0.15, 0.2) is 48.5 Å². The van der Waals surface area contributed by atoms with Crippen molar-refractivity contribution in [1.82, 2.24) is 5.32 Å². The predicted octanol–water partition coefficient (Wildman–Crippen LogP) is 4.21. The molecule has 0 aliphatic heterocycles. The van der Waals surface area contributed by atoms with Crippen molar-refractivity contribution >= 4 is 17.5 Å². The highest BCUT2D eigenvalue weighted by atomic mass is 35.5. The SMILES string of the molecule is CC(C)Oc1cccc(CNC(=O)[C@H](C)Oc2cccc(Cl)c2)c1. The monoisotopic (exact) mass is 347 g/mol. The van der Waals surface area contributed by atoms with Gasteiger partial charge in [0.15, 0.2) is 6.10 Å². The van der Waals surface area contributed by atoms with Crippen LogP contribution in [0.5, 0.6) is 11.5 Å². The lowest BCUT2D eigenvalue weighted by atomic mass is 10.2. The zero-order valence-corrected chi connectivity index (χ0v) is 14.8. The van der Waals surface area contributed by atoms with Crippen molar-refractivity contribution in [3.8, 4) is 11.5 Å². The Morgan fingerprint density at radius 1 is 1.04 bits per heavy atom. The summed E-state index contributed by atoms with van der Waals surface area (Å²) in [4.78, 5) is 12.2. The first-order chi connectivity index (χ1) is 11.4. The molecule has 2 aromatic carbocycles. The molecule has 2 rings (SSSR count). The van der Waals surface area contributed by atoms with Gasteiger partial charge in [-0.3, -0.25) is 4.79 Å². The van der Waals surface area contributed by atoms with E-state index in [9.17, 15) is 4.79 Å². The second-order valence-corrected chi connectivity index (χ2v) is 6.19. The van der Waals surface area contributed by atoms with Gasteiger partial charge in [-0.2, -0.15) is 0 Å². The minimum Gasteiger partial charge on any atom is -0.491 e. The summed E-state index contributed by atoms with van der Waals surface area (Å²) in [5, 5.41) is 3.43. The lowest BCUT2D eigenvalue weighted by Gasteiger charge is -2.15. The molecule has 0 saturated carbocycles. The van der Waals surface area contributed by atoms with Gasteiger partial charge in [-0.05, 0) is 56.7 Å². The molecule has 2 aromatic rings. The Kier molecular flexibility index (Phi) is 6.50. The molecule has 0 fully saturated rings. The van der Waals surface area contributed by atoms with Gasteiger partial charge in [0.1, 0.15) is 11.5 Å². The van der Waals surface area contributed by atoms with E-state index in [2.05, 4.69) is 5.32 Å². The van der Waals surface area contributed by atoms with Crippen molar-refractivity contribution in [2.75, 3.05) is 0 Å². The van der Waals surface area contributed by atoms with Crippen LogP contribution in [0.25, 0.3) is 0 Å². The summed E-state index contributed by atoms with van der Waals surface area (Å²) in [6.45, 7) is 6.07. The molecule has 0 bridgehead atoms. The summed E-state index contributed by atoms with van der Waals surface area (Å²) in [5.74, 6) is 1.17. The molecule has 0 aliphatic rings. The highest BCUT2D eigenvalue weighted by Gasteiger charge is 2.14. The Morgan fingerprint density at radius 2 is 1.71 bits per heavy atom. The fourth-order valence-corrected chi connectivity index (χ4v) is 2.31. The van der Waals surface area contributed by atoms with Crippen molar-refractivity contribution in [2.24, 2.45) is 0 Å². The lowest BCUT2D eigenvalue weighted by molar-refractivity contribution is -0.127. The van der Waals surface area contributed by atoms with Gasteiger partial charge in [0.05, 0.1) is 6.10 Å². The van der Waals surface area contributed by atoms with Gasteiger partial charge in [0.2, 0.25) is 0 Å². The number of ether oxygens (including phenoxy) is 2. The molecule has 5 heteroatoms. The standard InChI is InChI=1S/C19H22ClNO3/c1-13(2)23-17-8-4-6-15(10-17)12-21-19(22)14(3)24-18-9-5-7-16(20)11-18/h4-11,13-14H,12H2,1-3H3,(H,21,22)/t14-/m0/s1. The number of halogens is 1. The average molecular weight is 348 g/mol. The summed E-state index contributed by atoms with van der Waals surface area (Å²) in [5.41, 5.74) is 0.969. The molecule has 24 heavy (non-hydrogen) atoms. The van der Waals surface area contributed by atoms with E-state index in [-0.39, 0.29) is 12.0 Å². The van der Waals surface area contributed by atoms with E-state index in [1.165, 1.54) is 0 Å². The molecule has 128 valence electrons. The van der Waals surface area contributed by atoms with Gasteiger partial charge >= 0.3 is 0 Å². The summed E-state index contributed by atoms with van der Waals surface area (Å²) in [7, 11) is 0. The van der Waals surface area contributed by atoms with Crippen LogP contribution in [-0.4, -0.2) is 18.1 Å². The maximum Gasteiger partial charge on any atom is 0.261 e. The Balaban J connectivity index is 1.88. The van der Waals surface area contributed by atoms with Gasteiger partial charge in [-0.15, -0.1) is 0 Å². The minimum atomic E-state index is -0.612. The maximum absolute atomic E-state index is 12.2. The van der Waals surface area contributed by atoms with Gasteiger partial charge in [-0.1, -0.05) is 29.8 Å². The molecule has 1 atom stereocenters. The van der Waals surface area contributed by atoms with Crippen molar-refractivity contribution < 1.29 is 14.3 Å². The highest BCUT2D eigenvalue weighted by Crippen LogP contribution is 2.18. The molecule has 0 aliphatic carbocycles. The van der Waals surface area contributed by atoms with Gasteiger partial charge in [0.25, 0.3) is 5.91 Å². The normalized spacial score (nSPS) is 11.9. The second kappa shape index (κ2) is 8.60. The zero-order valence-electron chi connectivity index (χ0n) is 14.1. The third kappa shape index (κ3) is 5.78. The summed E-state index contributed by atoms with van der Waals surface area (Å²) >= 11 is 5.91. The van der Waals surface area contributed by atoms with E-state index >= 15 is 0 Å². The summed E-state index contributed by atoms with van der Waals surface area (Å²) in [6.07, 6.45) is -0.500. The molecular weight excluding hydrogens is 326 g/mol. The molecule has 4 nitrogen and oxygen atoms in total. The highest BCUT2D eigenvalue weighted by molar-refractivity contribution is 6.30. The van der Waals surface area contributed by atoms with Gasteiger partial charge < -0.3 is 14.8 Å². The first-order valence-corrected chi connectivity index (χ1v) is 8.27. The average Bonchev–Trinajstić information content (AvgIpc) is 2.52. The lowest BCUT2D eigenvalue weighted by Crippen LogP contribution is -2.35. The van der Waals surface area contributed by atoms with Crippen LogP contribution in [-0.2, 0) is 11.3 Å². The number of amides is 1. The van der Waals surface area contributed by atoms with Crippen LogP contribution in [0.2, 0.25) is 5.02 Å². The molecule has 1 amide bonds. The van der Waals surface area contributed by atoms with Crippen LogP contribution in [0.1, 0.15) is 26.3 Å². The zero-order chi connectivity index (χ0) is 17.5. The van der Waals surface area contributed by atoms with Crippen LogP contribution in [0.4, 0.5) is 0 Å². The number of benzene rings is 2. The number of nitrogens with one attached hydrogen (secondary N) is 1. The fourth-order valence-electron chi connectivity index (χ4n) is 2.13. The second-order valence-electron chi connectivity index (χ2n) is 5.75. The Labute approximate surface area is 147 Å². The van der Waals surface area contributed by atoms with Crippen molar-refractivity contribution in [1.29, 1.82) is 0 Å². The van der Waals surface area contributed by atoms with Crippen LogP contribution in [0.3, 0.4) is 0 Å². The van der Waals surface area contributed by atoms with E-state index in [1.807, 2.05) is 38.1 Å². The quantitative estimate of drug-likeness (QED) is 0.816. The smallest absolute Gasteiger partial charge is 0.261 e. The van der Waals surface area contributed by atoms with Crippen molar-refractivity contribution in [3.63, 3.8) is 0 Å². The molecule has 0 spiro atoms. The third-order valence-electron chi connectivity index (χ3n) is 3.22. The van der Waals surface area contributed by atoms with E-state index < -0.39 is 6.10 Å². The summed E-state index contributed by atoms with van der Waals surface area (Å²) < 4.78 is 11.2. The van der Waals surface area contributed by atoms with E-state index in [1.54, 1.807) is 31.2 Å². The predicted molar refractivity (Wildman–Crippen MR) is 95.6 cm³/mol. The molecule has 0 aromatic heterocycles. The number of rotatable bonds is 7. The summed E-state index contributed by atoms with van der Waals surface area (Å²) in [6, 6.07) is 14.6. The Hall–Kier alpha value is -2.20. The molecule has 0 heterocycles. The topological polar surface area (TPSA) is 47.6 Å². The number of hydrogen-bond donors (Lipinski definition) is 1. The number of carbonyl (C=O) groups excluding carboxylic acids is 1. The van der Waals surface area contributed by atoms with E-state index in [4.69, 9.17) is 21.1 Å². The molecular formula is C19H22ClNO3. The third-order valence-corrected chi connectivity index (χ3v) is 3.45. The largest absolute Gasteiger partial charge is 0.491 e. The Bertz CT molecular complexity index is 688. The molecule has 0 unspecified atom stereocenters. The van der Waals surface area contributed by atoms with E-state index in [0.717, 1.165) is 11.3 Å². The van der Waals surface area contributed by atoms with E-state index in [0.29, 0.717) is 17.3 Å². The molecule has 1 N–H and O–H groups in total. The van der Waals surface area contributed by atoms with Crippen molar-refractivity contribution in [3.05, 3.63) is 59.1 Å². The molecule has 0 saturated heterocycles. The van der Waals surface area contributed by atoms with Crippen molar-refractivity contribution in [2.45, 2.75) is 39.5 Å². The van der Waals surface area contributed by atoms with Gasteiger partial charge in [0, 0.05) is 11.6 Å². The number of carbonyl (C=O) groups is 1. The van der Waals surface area contributed by atoms with Crippen LogP contribution < -0.4 is 14.8 Å². The first-order valence-electron chi connectivity index (χ1n) is 7.89. The maximum atomic E-state index is 12.2. The Morgan fingerprint density at radius 3 is 2.38 bits per heavy atom. The first kappa shape index (κ1) is 18.1.